The molecular formula is C14H25N3O. The average Bonchev–Trinajstić information content (AvgIpc) is 2.89. The standard InChI is InChI=1S/C14H25N3O/c1-11(2)18-9-8-17-10-12(3)15-14(17)16-13-6-4-5-7-13/h10-11,13H,4-9H2,1-3H3,(H,15,16). The van der Waals surface area contributed by atoms with E-state index in [2.05, 4.69) is 34.9 Å². The van der Waals surface area contributed by atoms with Gasteiger partial charge in [-0.3, -0.25) is 0 Å². The van der Waals surface area contributed by atoms with Crippen LogP contribution in [0.5, 0.6) is 0 Å². The van der Waals surface area contributed by atoms with Gasteiger partial charge >= 0.3 is 0 Å². The molecule has 0 aliphatic heterocycles. The number of nitrogens with zero attached hydrogens (tertiary/aromatic N) is 2. The van der Waals surface area contributed by atoms with E-state index in [1.807, 2.05) is 6.92 Å². The zero-order valence-electron chi connectivity index (χ0n) is 11.8. The fraction of sp³-hybridized carbons (Fsp3) is 0.786. The first-order valence-corrected chi connectivity index (χ1v) is 7.07. The van der Waals surface area contributed by atoms with Crippen LogP contribution in [0.1, 0.15) is 45.2 Å². The Balaban J connectivity index is 1.91. The zero-order chi connectivity index (χ0) is 13.0. The van der Waals surface area contributed by atoms with Crippen molar-refractivity contribution in [1.29, 1.82) is 0 Å². The first-order valence-electron chi connectivity index (χ1n) is 7.07. The Labute approximate surface area is 110 Å². The van der Waals surface area contributed by atoms with Crippen molar-refractivity contribution < 1.29 is 4.74 Å². The predicted octanol–water partition coefficient (Wildman–Crippen LogP) is 2.97. The van der Waals surface area contributed by atoms with Gasteiger partial charge in [0.2, 0.25) is 5.95 Å². The van der Waals surface area contributed by atoms with Crippen LogP contribution >= 0.6 is 0 Å². The van der Waals surface area contributed by atoms with E-state index >= 15 is 0 Å². The molecule has 0 bridgehead atoms. The summed E-state index contributed by atoms with van der Waals surface area (Å²) in [6.07, 6.45) is 7.62. The summed E-state index contributed by atoms with van der Waals surface area (Å²) in [7, 11) is 0. The molecule has 0 unspecified atom stereocenters. The number of hydrogen-bond donors (Lipinski definition) is 1. The highest BCUT2D eigenvalue weighted by Gasteiger charge is 2.17. The third-order valence-electron chi connectivity index (χ3n) is 3.37. The SMILES string of the molecule is Cc1cn(CCOC(C)C)c(NC2CCCC2)n1. The van der Waals surface area contributed by atoms with Crippen molar-refractivity contribution in [2.24, 2.45) is 0 Å². The molecule has 1 heterocycles. The minimum Gasteiger partial charge on any atom is -0.377 e. The molecule has 1 N–H and O–H groups in total. The summed E-state index contributed by atoms with van der Waals surface area (Å²) in [6.45, 7) is 7.79. The number of rotatable bonds is 6. The lowest BCUT2D eigenvalue weighted by molar-refractivity contribution is 0.0730. The second-order valence-corrected chi connectivity index (χ2v) is 5.44. The molecule has 4 nitrogen and oxygen atoms in total. The second kappa shape index (κ2) is 6.23. The maximum atomic E-state index is 5.60. The Kier molecular flexibility index (Phi) is 4.64. The van der Waals surface area contributed by atoms with E-state index in [-0.39, 0.29) is 0 Å². The molecular weight excluding hydrogens is 226 g/mol. The molecule has 0 atom stereocenters. The normalized spacial score (nSPS) is 16.7. The van der Waals surface area contributed by atoms with Crippen molar-refractivity contribution in [2.45, 2.75) is 65.1 Å². The number of imidazole rings is 1. The molecule has 1 aromatic rings. The molecule has 0 spiro atoms. The average molecular weight is 251 g/mol. The highest BCUT2D eigenvalue weighted by Crippen LogP contribution is 2.22. The zero-order valence-corrected chi connectivity index (χ0v) is 11.8. The van der Waals surface area contributed by atoms with E-state index < -0.39 is 0 Å². The molecule has 0 saturated heterocycles. The lowest BCUT2D eigenvalue weighted by Crippen LogP contribution is -2.19. The predicted molar refractivity (Wildman–Crippen MR) is 73.9 cm³/mol. The van der Waals surface area contributed by atoms with Crippen LogP contribution in [-0.4, -0.2) is 28.3 Å². The topological polar surface area (TPSA) is 39.1 Å². The fourth-order valence-corrected chi connectivity index (χ4v) is 2.47. The maximum Gasteiger partial charge on any atom is 0.203 e. The van der Waals surface area contributed by atoms with Crippen molar-refractivity contribution in [1.82, 2.24) is 9.55 Å². The molecule has 1 aliphatic carbocycles. The van der Waals surface area contributed by atoms with Gasteiger partial charge in [0.15, 0.2) is 0 Å². The van der Waals surface area contributed by atoms with E-state index in [1.165, 1.54) is 25.7 Å². The van der Waals surface area contributed by atoms with E-state index in [0.29, 0.717) is 12.1 Å². The van der Waals surface area contributed by atoms with Gasteiger partial charge in [0, 0.05) is 18.8 Å². The van der Waals surface area contributed by atoms with E-state index in [9.17, 15) is 0 Å². The number of nitrogens with one attached hydrogen (secondary N) is 1. The Hall–Kier alpha value is -1.03. The summed E-state index contributed by atoms with van der Waals surface area (Å²) in [5.74, 6) is 1.01. The number of ether oxygens (including phenoxy) is 1. The van der Waals surface area contributed by atoms with Crippen molar-refractivity contribution >= 4 is 5.95 Å². The Bertz CT molecular complexity index is 367. The van der Waals surface area contributed by atoms with E-state index in [4.69, 9.17) is 4.74 Å². The molecule has 102 valence electrons. The van der Waals surface area contributed by atoms with Crippen LogP contribution in [-0.2, 0) is 11.3 Å². The largest absolute Gasteiger partial charge is 0.377 e. The van der Waals surface area contributed by atoms with Crippen molar-refractivity contribution in [2.75, 3.05) is 11.9 Å². The van der Waals surface area contributed by atoms with Crippen LogP contribution in [0.15, 0.2) is 6.20 Å². The molecule has 1 aliphatic rings. The van der Waals surface area contributed by atoms with E-state index in [0.717, 1.165) is 24.8 Å². The monoisotopic (exact) mass is 251 g/mol. The summed E-state index contributed by atoms with van der Waals surface area (Å²) in [6, 6.07) is 0.608. The van der Waals surface area contributed by atoms with Crippen LogP contribution in [0.25, 0.3) is 0 Å². The van der Waals surface area contributed by atoms with Gasteiger partial charge in [-0.05, 0) is 33.6 Å². The van der Waals surface area contributed by atoms with Gasteiger partial charge in [0.05, 0.1) is 18.4 Å². The number of aromatic nitrogens is 2. The summed E-state index contributed by atoms with van der Waals surface area (Å²) < 4.78 is 7.78. The molecule has 0 aromatic carbocycles. The molecule has 1 fully saturated rings. The van der Waals surface area contributed by atoms with Gasteiger partial charge in [0.25, 0.3) is 0 Å². The summed E-state index contributed by atoms with van der Waals surface area (Å²) in [5.41, 5.74) is 1.07. The third-order valence-corrected chi connectivity index (χ3v) is 3.37. The van der Waals surface area contributed by atoms with Gasteiger partial charge in [-0.1, -0.05) is 12.8 Å². The highest BCUT2D eigenvalue weighted by molar-refractivity contribution is 5.30. The summed E-state index contributed by atoms with van der Waals surface area (Å²) >= 11 is 0. The van der Waals surface area contributed by atoms with Crippen LogP contribution < -0.4 is 5.32 Å². The molecule has 2 rings (SSSR count). The summed E-state index contributed by atoms with van der Waals surface area (Å²) in [5, 5.41) is 3.56. The lowest BCUT2D eigenvalue weighted by Gasteiger charge is -2.15. The molecule has 18 heavy (non-hydrogen) atoms. The molecule has 1 saturated carbocycles. The summed E-state index contributed by atoms with van der Waals surface area (Å²) in [4.78, 5) is 4.57. The number of aryl methyl sites for hydroxylation is 1. The Morgan fingerprint density at radius 1 is 1.44 bits per heavy atom. The maximum absolute atomic E-state index is 5.60. The van der Waals surface area contributed by atoms with Crippen LogP contribution in [0.4, 0.5) is 5.95 Å². The first-order chi connectivity index (χ1) is 8.65. The van der Waals surface area contributed by atoms with Gasteiger partial charge in [-0.25, -0.2) is 4.98 Å². The fourth-order valence-electron chi connectivity index (χ4n) is 2.47. The van der Waals surface area contributed by atoms with Gasteiger partial charge < -0.3 is 14.6 Å². The minimum absolute atomic E-state index is 0.292. The van der Waals surface area contributed by atoms with Gasteiger partial charge in [-0.15, -0.1) is 0 Å². The van der Waals surface area contributed by atoms with Crippen LogP contribution in [0.2, 0.25) is 0 Å². The minimum atomic E-state index is 0.292. The van der Waals surface area contributed by atoms with Crippen molar-refractivity contribution in [3.63, 3.8) is 0 Å². The highest BCUT2D eigenvalue weighted by atomic mass is 16.5. The van der Waals surface area contributed by atoms with Crippen LogP contribution in [0.3, 0.4) is 0 Å². The smallest absolute Gasteiger partial charge is 0.203 e. The molecule has 0 amide bonds. The number of hydrogen-bond acceptors (Lipinski definition) is 3. The van der Waals surface area contributed by atoms with Crippen molar-refractivity contribution in [3.8, 4) is 0 Å². The second-order valence-electron chi connectivity index (χ2n) is 5.44. The Morgan fingerprint density at radius 3 is 2.83 bits per heavy atom. The third kappa shape index (κ3) is 3.73. The first kappa shape index (κ1) is 13.4. The van der Waals surface area contributed by atoms with Crippen molar-refractivity contribution in [3.05, 3.63) is 11.9 Å². The quantitative estimate of drug-likeness (QED) is 0.845. The van der Waals surface area contributed by atoms with E-state index in [1.54, 1.807) is 0 Å². The van der Waals surface area contributed by atoms with Gasteiger partial charge in [-0.2, -0.15) is 0 Å². The molecule has 0 radical (unpaired) electrons. The van der Waals surface area contributed by atoms with Crippen LogP contribution in [0, 0.1) is 6.92 Å². The molecule has 4 heteroatoms. The lowest BCUT2D eigenvalue weighted by atomic mass is 10.2. The molecule has 1 aromatic heterocycles. The van der Waals surface area contributed by atoms with Gasteiger partial charge in [0.1, 0.15) is 0 Å². The number of anilines is 1. The Morgan fingerprint density at radius 2 is 2.17 bits per heavy atom.